The maximum atomic E-state index is 10.6. The third-order valence-corrected chi connectivity index (χ3v) is 3.56. The highest BCUT2D eigenvalue weighted by atomic mass is 79.9. The van der Waals surface area contributed by atoms with Crippen molar-refractivity contribution in [2.45, 2.75) is 12.5 Å². The zero-order valence-corrected chi connectivity index (χ0v) is 12.4. The highest BCUT2D eigenvalue weighted by Gasteiger charge is 2.26. The summed E-state index contributed by atoms with van der Waals surface area (Å²) < 4.78 is 1.84. The minimum atomic E-state index is -1.05. The number of aromatic nitrogens is 1. The quantitative estimate of drug-likeness (QED) is 0.886. The minimum Gasteiger partial charge on any atom is -0.381 e. The van der Waals surface area contributed by atoms with Crippen LogP contribution >= 0.6 is 31.9 Å². The maximum absolute atomic E-state index is 10.6. The van der Waals surface area contributed by atoms with Crippen LogP contribution in [0.2, 0.25) is 0 Å². The normalized spacial score (nSPS) is 14.4. The number of pyridine rings is 1. The number of hydrogen-bond acceptors (Lipinski definition) is 2. The van der Waals surface area contributed by atoms with Gasteiger partial charge in [-0.2, -0.15) is 0 Å². The van der Waals surface area contributed by atoms with Gasteiger partial charge in [-0.15, -0.1) is 0 Å². The summed E-state index contributed by atoms with van der Waals surface area (Å²) in [6.07, 6.45) is 3.37. The second-order valence-electron chi connectivity index (χ2n) is 3.97. The van der Waals surface area contributed by atoms with Gasteiger partial charge in [0.25, 0.3) is 0 Å². The second-order valence-corrected chi connectivity index (χ2v) is 5.80. The molecule has 0 aliphatic heterocycles. The molecule has 2 aromatic rings. The molecular weight excluding hydrogens is 346 g/mol. The molecule has 0 saturated heterocycles. The predicted octanol–water partition coefficient (Wildman–Crippen LogP) is 3.86. The molecule has 1 heterocycles. The lowest BCUT2D eigenvalue weighted by Gasteiger charge is -2.24. The molecule has 1 N–H and O–H groups in total. The van der Waals surface area contributed by atoms with E-state index in [0.717, 1.165) is 20.1 Å². The van der Waals surface area contributed by atoms with Crippen LogP contribution in [0.4, 0.5) is 0 Å². The van der Waals surface area contributed by atoms with E-state index in [1.807, 2.05) is 30.3 Å². The van der Waals surface area contributed by atoms with Crippen molar-refractivity contribution < 1.29 is 5.11 Å². The van der Waals surface area contributed by atoms with Gasteiger partial charge in [0.1, 0.15) is 5.60 Å². The zero-order chi connectivity index (χ0) is 12.5. The summed E-state index contributed by atoms with van der Waals surface area (Å²) in [5, 5.41) is 10.6. The smallest absolute Gasteiger partial charge is 0.113 e. The number of benzene rings is 1. The Kier molecular flexibility index (Phi) is 3.66. The fourth-order valence-electron chi connectivity index (χ4n) is 1.65. The molecule has 1 aromatic heterocycles. The molecule has 0 saturated carbocycles. The van der Waals surface area contributed by atoms with Crippen molar-refractivity contribution in [3.8, 4) is 0 Å². The van der Waals surface area contributed by atoms with E-state index in [1.54, 1.807) is 19.3 Å². The Bertz CT molecular complexity index is 506. The van der Waals surface area contributed by atoms with E-state index in [1.165, 1.54) is 0 Å². The summed E-state index contributed by atoms with van der Waals surface area (Å²) in [5.74, 6) is 0. The molecule has 0 radical (unpaired) electrons. The van der Waals surface area contributed by atoms with E-state index in [4.69, 9.17) is 0 Å². The van der Waals surface area contributed by atoms with E-state index in [0.29, 0.717) is 0 Å². The fraction of sp³-hybridized carbons (Fsp3) is 0.154. The van der Waals surface area contributed by atoms with Crippen LogP contribution in [-0.2, 0) is 5.60 Å². The van der Waals surface area contributed by atoms with Crippen LogP contribution in [0.25, 0.3) is 0 Å². The van der Waals surface area contributed by atoms with Crippen LogP contribution in [0.3, 0.4) is 0 Å². The van der Waals surface area contributed by atoms with E-state index in [2.05, 4.69) is 36.8 Å². The molecule has 1 aromatic carbocycles. The molecule has 2 rings (SSSR count). The summed E-state index contributed by atoms with van der Waals surface area (Å²) in [6, 6.07) is 9.41. The van der Waals surface area contributed by atoms with Gasteiger partial charge in [0.2, 0.25) is 0 Å². The molecular formula is C13H11Br2NO. The monoisotopic (exact) mass is 355 g/mol. The first kappa shape index (κ1) is 12.7. The van der Waals surface area contributed by atoms with Gasteiger partial charge in [0.05, 0.1) is 0 Å². The van der Waals surface area contributed by atoms with Gasteiger partial charge in [0.15, 0.2) is 0 Å². The summed E-state index contributed by atoms with van der Waals surface area (Å²) >= 11 is 6.84. The molecule has 0 fully saturated rings. The third-order valence-electron chi connectivity index (χ3n) is 2.65. The van der Waals surface area contributed by atoms with Crippen molar-refractivity contribution in [1.82, 2.24) is 4.98 Å². The van der Waals surface area contributed by atoms with Gasteiger partial charge in [-0.3, -0.25) is 4.98 Å². The van der Waals surface area contributed by atoms with Gasteiger partial charge in [-0.05, 0) is 36.8 Å². The summed E-state index contributed by atoms with van der Waals surface area (Å²) in [6.45, 7) is 1.76. The van der Waals surface area contributed by atoms with E-state index >= 15 is 0 Å². The lowest BCUT2D eigenvalue weighted by Crippen LogP contribution is -2.22. The molecule has 0 bridgehead atoms. The molecule has 1 atom stereocenters. The molecule has 0 amide bonds. The Hall–Kier alpha value is -0.710. The first-order valence-electron chi connectivity index (χ1n) is 5.09. The van der Waals surface area contributed by atoms with Gasteiger partial charge in [0, 0.05) is 26.9 Å². The maximum Gasteiger partial charge on any atom is 0.113 e. The van der Waals surface area contributed by atoms with Crippen LogP contribution in [-0.4, -0.2) is 10.1 Å². The highest BCUT2D eigenvalue weighted by Crippen LogP contribution is 2.32. The van der Waals surface area contributed by atoms with E-state index in [9.17, 15) is 5.11 Å². The Labute approximate surface area is 117 Å². The number of aliphatic hydroxyl groups is 1. The fourth-order valence-corrected chi connectivity index (χ4v) is 2.95. The second kappa shape index (κ2) is 4.88. The molecule has 17 heavy (non-hydrogen) atoms. The molecule has 2 nitrogen and oxygen atoms in total. The number of halogens is 2. The summed E-state index contributed by atoms with van der Waals surface area (Å²) in [5.41, 5.74) is 0.525. The summed E-state index contributed by atoms with van der Waals surface area (Å²) in [7, 11) is 0. The number of hydrogen-bond donors (Lipinski definition) is 1. The van der Waals surface area contributed by atoms with Gasteiger partial charge < -0.3 is 5.11 Å². The topological polar surface area (TPSA) is 33.1 Å². The van der Waals surface area contributed by atoms with E-state index in [-0.39, 0.29) is 0 Å². The van der Waals surface area contributed by atoms with Crippen molar-refractivity contribution in [1.29, 1.82) is 0 Å². The standard InChI is InChI=1S/C13H11Br2NO/c1-13(17,9-3-2-4-16-8-9)10-5-11(14)7-12(15)6-10/h2-8,17H,1H3/t13-/m0/s1. The van der Waals surface area contributed by atoms with Crippen molar-refractivity contribution >= 4 is 31.9 Å². The molecule has 0 aliphatic carbocycles. The molecule has 0 aliphatic rings. The Morgan fingerprint density at radius 1 is 1.12 bits per heavy atom. The molecule has 4 heteroatoms. The summed E-state index contributed by atoms with van der Waals surface area (Å²) in [4.78, 5) is 4.04. The van der Waals surface area contributed by atoms with Crippen molar-refractivity contribution in [3.63, 3.8) is 0 Å². The lowest BCUT2D eigenvalue weighted by molar-refractivity contribution is 0.102. The lowest BCUT2D eigenvalue weighted by atomic mass is 9.89. The van der Waals surface area contributed by atoms with Crippen LogP contribution < -0.4 is 0 Å². The van der Waals surface area contributed by atoms with Gasteiger partial charge in [-0.1, -0.05) is 37.9 Å². The first-order valence-corrected chi connectivity index (χ1v) is 6.68. The minimum absolute atomic E-state index is 0.769. The Balaban J connectivity index is 2.51. The average molecular weight is 357 g/mol. The SMILES string of the molecule is C[C@](O)(c1cccnc1)c1cc(Br)cc(Br)c1. The zero-order valence-electron chi connectivity index (χ0n) is 9.19. The van der Waals surface area contributed by atoms with Crippen LogP contribution in [0.5, 0.6) is 0 Å². The Morgan fingerprint density at radius 2 is 1.76 bits per heavy atom. The predicted molar refractivity (Wildman–Crippen MR) is 74.8 cm³/mol. The molecule has 0 spiro atoms. The number of rotatable bonds is 2. The van der Waals surface area contributed by atoms with Crippen LogP contribution in [0, 0.1) is 0 Å². The Morgan fingerprint density at radius 3 is 2.29 bits per heavy atom. The van der Waals surface area contributed by atoms with Crippen LogP contribution in [0.1, 0.15) is 18.1 Å². The molecule has 0 unspecified atom stereocenters. The largest absolute Gasteiger partial charge is 0.381 e. The van der Waals surface area contributed by atoms with E-state index < -0.39 is 5.60 Å². The third kappa shape index (κ3) is 2.76. The van der Waals surface area contributed by atoms with Crippen molar-refractivity contribution in [2.24, 2.45) is 0 Å². The number of nitrogens with zero attached hydrogens (tertiary/aromatic N) is 1. The van der Waals surface area contributed by atoms with Gasteiger partial charge >= 0.3 is 0 Å². The van der Waals surface area contributed by atoms with Crippen molar-refractivity contribution in [2.75, 3.05) is 0 Å². The van der Waals surface area contributed by atoms with Crippen molar-refractivity contribution in [3.05, 3.63) is 62.8 Å². The molecule has 88 valence electrons. The average Bonchev–Trinajstić information content (AvgIpc) is 2.29. The highest BCUT2D eigenvalue weighted by molar-refractivity contribution is 9.11. The van der Waals surface area contributed by atoms with Gasteiger partial charge in [-0.25, -0.2) is 0 Å². The first-order chi connectivity index (χ1) is 8.00. The van der Waals surface area contributed by atoms with Crippen LogP contribution in [0.15, 0.2) is 51.7 Å².